The molecule has 0 atom stereocenters. The van der Waals surface area contributed by atoms with E-state index in [1.54, 1.807) is 7.11 Å². The van der Waals surface area contributed by atoms with E-state index >= 15 is 0 Å². The lowest BCUT2D eigenvalue weighted by Crippen LogP contribution is -1.73. The van der Waals surface area contributed by atoms with E-state index in [2.05, 4.69) is 23.8 Å². The van der Waals surface area contributed by atoms with Crippen LogP contribution >= 0.6 is 0 Å². The minimum atomic E-state index is 0.819. The number of rotatable bonds is 1. The zero-order chi connectivity index (χ0) is 8.53. The fourth-order valence-corrected chi connectivity index (χ4v) is 0.534. The summed E-state index contributed by atoms with van der Waals surface area (Å²) in [5.74, 6) is 0. The Morgan fingerprint density at radius 1 is 1.18 bits per heavy atom. The molecule has 0 N–H and O–H groups in total. The highest BCUT2D eigenvalue weighted by atomic mass is 16.5. The number of methoxy groups -OCH3 is 1. The smallest absolute Gasteiger partial charge is 0.0433 e. The van der Waals surface area contributed by atoms with Crippen molar-refractivity contribution in [3.05, 3.63) is 35.9 Å². The Morgan fingerprint density at radius 3 is 1.82 bits per heavy atom. The Morgan fingerprint density at radius 2 is 1.64 bits per heavy atom. The summed E-state index contributed by atoms with van der Waals surface area (Å²) >= 11 is 0. The zero-order valence-electron chi connectivity index (χ0n) is 7.50. The van der Waals surface area contributed by atoms with Crippen molar-refractivity contribution in [1.82, 2.24) is 0 Å². The van der Waals surface area contributed by atoms with Gasteiger partial charge in [0.05, 0.1) is 0 Å². The van der Waals surface area contributed by atoms with Gasteiger partial charge in [0.2, 0.25) is 0 Å². The van der Waals surface area contributed by atoms with Crippen LogP contribution in [0, 0.1) is 6.92 Å². The third-order valence-electron chi connectivity index (χ3n) is 1.23. The third-order valence-corrected chi connectivity index (χ3v) is 1.23. The van der Waals surface area contributed by atoms with Crippen LogP contribution in [0.5, 0.6) is 0 Å². The van der Waals surface area contributed by atoms with E-state index < -0.39 is 0 Å². The Bertz CT molecular complexity index is 156. The monoisotopic (exact) mass is 152 g/mol. The molecule has 0 unspecified atom stereocenters. The normalized spacial score (nSPS) is 8.27. The van der Waals surface area contributed by atoms with Gasteiger partial charge in [0.15, 0.2) is 0 Å². The van der Waals surface area contributed by atoms with Gasteiger partial charge in [-0.25, -0.2) is 0 Å². The predicted octanol–water partition coefficient (Wildman–Crippen LogP) is 2.65. The topological polar surface area (TPSA) is 9.23 Å². The van der Waals surface area contributed by atoms with Crippen molar-refractivity contribution in [2.45, 2.75) is 13.8 Å². The summed E-state index contributed by atoms with van der Waals surface area (Å²) in [6.07, 6.45) is 0. The molecule has 0 saturated carbocycles. The number of benzene rings is 1. The average molecular weight is 152 g/mol. The minimum absolute atomic E-state index is 0.819. The molecule has 0 heterocycles. The minimum Gasteiger partial charge on any atom is -0.385 e. The Labute approximate surface area is 69.0 Å². The van der Waals surface area contributed by atoms with Crippen LogP contribution in [0.2, 0.25) is 0 Å². The largest absolute Gasteiger partial charge is 0.385 e. The van der Waals surface area contributed by atoms with Gasteiger partial charge in [-0.3, -0.25) is 0 Å². The Hall–Kier alpha value is -0.820. The molecular formula is C10H16O. The average Bonchev–Trinajstić information content (AvgIpc) is 2.07. The van der Waals surface area contributed by atoms with E-state index in [4.69, 9.17) is 0 Å². The van der Waals surface area contributed by atoms with Gasteiger partial charge < -0.3 is 4.74 Å². The lowest BCUT2D eigenvalue weighted by Gasteiger charge is -1.82. The maximum atomic E-state index is 4.54. The number of hydrogen-bond acceptors (Lipinski definition) is 1. The lowest BCUT2D eigenvalue weighted by atomic mass is 10.2. The van der Waals surface area contributed by atoms with Crippen molar-refractivity contribution >= 4 is 0 Å². The fourth-order valence-electron chi connectivity index (χ4n) is 0.534. The van der Waals surface area contributed by atoms with Crippen LogP contribution in [-0.2, 0) is 4.74 Å². The molecule has 0 amide bonds. The van der Waals surface area contributed by atoms with Crippen LogP contribution in [0.3, 0.4) is 0 Å². The number of aryl methyl sites for hydroxylation is 1. The molecule has 0 aliphatic carbocycles. The predicted molar refractivity (Wildman–Crippen MR) is 48.7 cm³/mol. The van der Waals surface area contributed by atoms with E-state index in [1.165, 1.54) is 5.56 Å². The molecule has 0 fully saturated rings. The van der Waals surface area contributed by atoms with E-state index in [0.717, 1.165) is 6.61 Å². The van der Waals surface area contributed by atoms with Gasteiger partial charge in [0.1, 0.15) is 0 Å². The molecule has 1 aromatic rings. The first-order chi connectivity index (χ1) is 5.31. The lowest BCUT2D eigenvalue weighted by molar-refractivity contribution is 0.215. The maximum absolute atomic E-state index is 4.54. The van der Waals surface area contributed by atoms with Gasteiger partial charge >= 0.3 is 0 Å². The highest BCUT2D eigenvalue weighted by Crippen LogP contribution is 1.92. The van der Waals surface area contributed by atoms with Gasteiger partial charge in [-0.05, 0) is 13.8 Å². The van der Waals surface area contributed by atoms with Crippen LogP contribution < -0.4 is 0 Å². The van der Waals surface area contributed by atoms with Gasteiger partial charge in [0.25, 0.3) is 0 Å². The van der Waals surface area contributed by atoms with Crippen LogP contribution in [0.1, 0.15) is 12.5 Å². The molecule has 0 aromatic heterocycles. The van der Waals surface area contributed by atoms with Gasteiger partial charge in [-0.1, -0.05) is 35.9 Å². The number of ether oxygens (including phenoxy) is 1. The highest BCUT2D eigenvalue weighted by molar-refractivity contribution is 5.11. The second-order valence-electron chi connectivity index (χ2n) is 2.23. The van der Waals surface area contributed by atoms with E-state index in [1.807, 2.05) is 25.1 Å². The highest BCUT2D eigenvalue weighted by Gasteiger charge is 1.72. The van der Waals surface area contributed by atoms with Crippen molar-refractivity contribution in [2.75, 3.05) is 13.7 Å². The van der Waals surface area contributed by atoms with Crippen molar-refractivity contribution in [1.29, 1.82) is 0 Å². The first-order valence-electron chi connectivity index (χ1n) is 3.81. The Balaban J connectivity index is 0.000000218. The SMILES string of the molecule is CCOC.Cc1ccccc1. The summed E-state index contributed by atoms with van der Waals surface area (Å²) in [6, 6.07) is 10.3. The van der Waals surface area contributed by atoms with Gasteiger partial charge in [-0.15, -0.1) is 0 Å². The fraction of sp³-hybridized carbons (Fsp3) is 0.400. The summed E-state index contributed by atoms with van der Waals surface area (Å²) in [7, 11) is 1.68. The van der Waals surface area contributed by atoms with E-state index in [9.17, 15) is 0 Å². The molecule has 0 radical (unpaired) electrons. The van der Waals surface area contributed by atoms with Crippen LogP contribution in [0.25, 0.3) is 0 Å². The Kier molecular flexibility index (Phi) is 6.75. The van der Waals surface area contributed by atoms with Crippen molar-refractivity contribution < 1.29 is 4.74 Å². The second-order valence-corrected chi connectivity index (χ2v) is 2.23. The second kappa shape index (κ2) is 7.29. The van der Waals surface area contributed by atoms with Crippen LogP contribution in [0.15, 0.2) is 30.3 Å². The molecule has 0 aliphatic heterocycles. The van der Waals surface area contributed by atoms with Crippen LogP contribution in [0.4, 0.5) is 0 Å². The molecular weight excluding hydrogens is 136 g/mol. The van der Waals surface area contributed by atoms with Crippen molar-refractivity contribution in [3.8, 4) is 0 Å². The van der Waals surface area contributed by atoms with E-state index in [0.29, 0.717) is 0 Å². The summed E-state index contributed by atoms with van der Waals surface area (Å²) < 4.78 is 4.54. The first-order valence-corrected chi connectivity index (χ1v) is 3.81. The van der Waals surface area contributed by atoms with Gasteiger partial charge in [-0.2, -0.15) is 0 Å². The first kappa shape index (κ1) is 10.2. The molecule has 0 spiro atoms. The van der Waals surface area contributed by atoms with Gasteiger partial charge in [0, 0.05) is 13.7 Å². The molecule has 11 heavy (non-hydrogen) atoms. The maximum Gasteiger partial charge on any atom is 0.0433 e. The number of hydrogen-bond donors (Lipinski definition) is 0. The standard InChI is InChI=1S/C7H8.C3H8O/c1-7-5-3-2-4-6-7;1-3-4-2/h2-6H,1H3;3H2,1-2H3. The summed E-state index contributed by atoms with van der Waals surface area (Å²) in [4.78, 5) is 0. The summed E-state index contributed by atoms with van der Waals surface area (Å²) in [5, 5.41) is 0. The molecule has 62 valence electrons. The molecule has 0 bridgehead atoms. The van der Waals surface area contributed by atoms with Crippen LogP contribution in [-0.4, -0.2) is 13.7 Å². The molecule has 0 aliphatic rings. The molecule has 1 nitrogen and oxygen atoms in total. The van der Waals surface area contributed by atoms with Crippen molar-refractivity contribution in [2.24, 2.45) is 0 Å². The third kappa shape index (κ3) is 7.07. The molecule has 1 heteroatoms. The zero-order valence-corrected chi connectivity index (χ0v) is 7.50. The molecule has 1 aromatic carbocycles. The summed E-state index contributed by atoms with van der Waals surface area (Å²) in [6.45, 7) is 4.86. The molecule has 0 saturated heterocycles. The van der Waals surface area contributed by atoms with Crippen molar-refractivity contribution in [3.63, 3.8) is 0 Å². The quantitative estimate of drug-likeness (QED) is 0.601. The molecule has 1 rings (SSSR count). The van der Waals surface area contributed by atoms with E-state index in [-0.39, 0.29) is 0 Å². The summed E-state index contributed by atoms with van der Waals surface area (Å²) in [5.41, 5.74) is 1.32.